The van der Waals surface area contributed by atoms with Gasteiger partial charge in [-0.25, -0.2) is 4.79 Å². The molecule has 1 aromatic carbocycles. The van der Waals surface area contributed by atoms with Crippen molar-refractivity contribution in [2.24, 2.45) is 0 Å². The molecule has 28 heavy (non-hydrogen) atoms. The van der Waals surface area contributed by atoms with Crippen molar-refractivity contribution >= 4 is 35.2 Å². The normalized spacial score (nSPS) is 10.1. The number of amides is 4. The lowest BCUT2D eigenvalue weighted by atomic mass is 10.1. The molecule has 2 rings (SSSR count). The molecule has 0 fully saturated rings. The molecule has 2 aromatic rings. The van der Waals surface area contributed by atoms with Crippen LogP contribution in [0.5, 0.6) is 0 Å². The predicted molar refractivity (Wildman–Crippen MR) is 104 cm³/mol. The van der Waals surface area contributed by atoms with Gasteiger partial charge in [-0.1, -0.05) is 6.07 Å². The summed E-state index contributed by atoms with van der Waals surface area (Å²) in [5.41, 5.74) is 2.96. The molecule has 8 nitrogen and oxygen atoms in total. The molecule has 0 saturated heterocycles. The third-order valence-corrected chi connectivity index (χ3v) is 4.51. The van der Waals surface area contributed by atoms with Crippen LogP contribution in [-0.4, -0.2) is 53.9 Å². The SMILES string of the molecule is CCOC(=O)N(NC(=O)c1cccc(C(=O)N(C)CC)c1)C(=O)c1ccsc1. The standard InChI is InChI=1S/C19H21N3O5S/c1-4-21(3)17(24)14-8-6-7-13(11-14)16(23)20-22(19(26)27-5-2)18(25)15-9-10-28-12-15/h6-12H,4-5H2,1-3H3,(H,20,23). The first-order chi connectivity index (χ1) is 13.4. The minimum Gasteiger partial charge on any atom is -0.448 e. The van der Waals surface area contributed by atoms with Crippen LogP contribution in [0.25, 0.3) is 0 Å². The van der Waals surface area contributed by atoms with Crippen LogP contribution in [0.4, 0.5) is 4.79 Å². The Hall–Kier alpha value is -3.20. The number of imide groups is 1. The quantitative estimate of drug-likeness (QED) is 0.775. The highest BCUT2D eigenvalue weighted by molar-refractivity contribution is 7.08. The highest BCUT2D eigenvalue weighted by Crippen LogP contribution is 2.12. The van der Waals surface area contributed by atoms with Gasteiger partial charge >= 0.3 is 6.09 Å². The van der Waals surface area contributed by atoms with Gasteiger partial charge in [-0.15, -0.1) is 5.01 Å². The molecule has 0 spiro atoms. The van der Waals surface area contributed by atoms with Crippen molar-refractivity contribution in [3.63, 3.8) is 0 Å². The molecule has 9 heteroatoms. The Bertz CT molecular complexity index is 866. The van der Waals surface area contributed by atoms with Crippen LogP contribution in [0.15, 0.2) is 41.1 Å². The fourth-order valence-electron chi connectivity index (χ4n) is 2.21. The van der Waals surface area contributed by atoms with E-state index in [9.17, 15) is 19.2 Å². The summed E-state index contributed by atoms with van der Waals surface area (Å²) in [6.45, 7) is 3.98. The summed E-state index contributed by atoms with van der Waals surface area (Å²) >= 11 is 1.28. The van der Waals surface area contributed by atoms with Crippen LogP contribution >= 0.6 is 11.3 Å². The van der Waals surface area contributed by atoms with Crippen molar-refractivity contribution in [3.8, 4) is 0 Å². The van der Waals surface area contributed by atoms with E-state index >= 15 is 0 Å². The number of nitrogens with zero attached hydrogens (tertiary/aromatic N) is 2. The van der Waals surface area contributed by atoms with Crippen molar-refractivity contribution in [2.45, 2.75) is 13.8 Å². The van der Waals surface area contributed by atoms with E-state index in [4.69, 9.17) is 4.74 Å². The molecular weight excluding hydrogens is 382 g/mol. The fraction of sp³-hybridized carbons (Fsp3) is 0.263. The Morgan fingerprint density at radius 1 is 1.04 bits per heavy atom. The van der Waals surface area contributed by atoms with Crippen molar-refractivity contribution in [1.29, 1.82) is 0 Å². The molecule has 0 unspecified atom stereocenters. The predicted octanol–water partition coefficient (Wildman–Crippen LogP) is 2.78. The summed E-state index contributed by atoms with van der Waals surface area (Å²) in [6, 6.07) is 7.57. The van der Waals surface area contributed by atoms with Crippen molar-refractivity contribution in [2.75, 3.05) is 20.2 Å². The Morgan fingerprint density at radius 3 is 2.36 bits per heavy atom. The van der Waals surface area contributed by atoms with Gasteiger partial charge in [0.05, 0.1) is 12.2 Å². The van der Waals surface area contributed by atoms with Gasteiger partial charge in [0.2, 0.25) is 0 Å². The van der Waals surface area contributed by atoms with Crippen molar-refractivity contribution in [3.05, 3.63) is 57.8 Å². The van der Waals surface area contributed by atoms with Gasteiger partial charge in [-0.3, -0.25) is 19.8 Å². The lowest BCUT2D eigenvalue weighted by molar-refractivity contribution is 0.0505. The molecule has 0 aliphatic heterocycles. The molecule has 0 bridgehead atoms. The fourth-order valence-corrected chi connectivity index (χ4v) is 2.84. The molecular formula is C19H21N3O5S. The topological polar surface area (TPSA) is 96.0 Å². The maximum atomic E-state index is 12.6. The van der Waals surface area contributed by atoms with Gasteiger partial charge in [0.25, 0.3) is 17.7 Å². The second kappa shape index (κ2) is 9.65. The monoisotopic (exact) mass is 403 g/mol. The number of hydrogen-bond donors (Lipinski definition) is 1. The van der Waals surface area contributed by atoms with Crippen molar-refractivity contribution < 1.29 is 23.9 Å². The van der Waals surface area contributed by atoms with Gasteiger partial charge in [-0.05, 0) is 43.5 Å². The number of hydrogen-bond acceptors (Lipinski definition) is 6. The van der Waals surface area contributed by atoms with E-state index in [2.05, 4.69) is 5.43 Å². The zero-order chi connectivity index (χ0) is 20.7. The maximum Gasteiger partial charge on any atom is 0.436 e. The summed E-state index contributed by atoms with van der Waals surface area (Å²) in [5.74, 6) is -1.68. The molecule has 1 aromatic heterocycles. The third kappa shape index (κ3) is 4.95. The summed E-state index contributed by atoms with van der Waals surface area (Å²) in [5, 5.41) is 3.76. The van der Waals surface area contributed by atoms with E-state index in [1.165, 1.54) is 34.4 Å². The second-order valence-electron chi connectivity index (χ2n) is 5.69. The van der Waals surface area contributed by atoms with E-state index in [0.717, 1.165) is 0 Å². The van der Waals surface area contributed by atoms with E-state index in [-0.39, 0.29) is 23.6 Å². The first kappa shape index (κ1) is 21.1. The Labute approximate surface area is 166 Å². The van der Waals surface area contributed by atoms with Crippen LogP contribution < -0.4 is 5.43 Å². The molecule has 1 heterocycles. The Morgan fingerprint density at radius 2 is 1.75 bits per heavy atom. The minimum atomic E-state index is -0.995. The van der Waals surface area contributed by atoms with Gasteiger partial charge < -0.3 is 9.64 Å². The second-order valence-corrected chi connectivity index (χ2v) is 6.47. The zero-order valence-electron chi connectivity index (χ0n) is 15.8. The largest absolute Gasteiger partial charge is 0.448 e. The van der Waals surface area contributed by atoms with Gasteiger partial charge in [0.15, 0.2) is 0 Å². The summed E-state index contributed by atoms with van der Waals surface area (Å²) in [6.07, 6.45) is -0.995. The van der Waals surface area contributed by atoms with Gasteiger partial charge in [-0.2, -0.15) is 11.3 Å². The van der Waals surface area contributed by atoms with Crippen LogP contribution in [0, 0.1) is 0 Å². The number of carbonyl (C=O) groups excluding carboxylic acids is 4. The van der Waals surface area contributed by atoms with E-state index in [1.54, 1.807) is 36.9 Å². The highest BCUT2D eigenvalue weighted by Gasteiger charge is 2.27. The minimum absolute atomic E-state index is 0.0372. The highest BCUT2D eigenvalue weighted by atomic mass is 32.1. The molecule has 4 amide bonds. The molecule has 0 atom stereocenters. The van der Waals surface area contributed by atoms with E-state index in [1.807, 2.05) is 6.92 Å². The maximum absolute atomic E-state index is 12.6. The van der Waals surface area contributed by atoms with Crippen molar-refractivity contribution in [1.82, 2.24) is 15.3 Å². The van der Waals surface area contributed by atoms with E-state index in [0.29, 0.717) is 17.1 Å². The molecule has 148 valence electrons. The average Bonchev–Trinajstić information content (AvgIpc) is 3.25. The molecule has 0 radical (unpaired) electrons. The smallest absolute Gasteiger partial charge is 0.436 e. The molecule has 1 N–H and O–H groups in total. The number of ether oxygens (including phenoxy) is 1. The zero-order valence-corrected chi connectivity index (χ0v) is 16.6. The number of rotatable bonds is 5. The first-order valence-corrected chi connectivity index (χ1v) is 9.53. The lowest BCUT2D eigenvalue weighted by Crippen LogP contribution is -2.50. The Kier molecular flexibility index (Phi) is 7.28. The summed E-state index contributed by atoms with van der Waals surface area (Å²) in [4.78, 5) is 51.1. The summed E-state index contributed by atoms with van der Waals surface area (Å²) in [7, 11) is 1.65. The number of carbonyl (C=O) groups is 4. The third-order valence-electron chi connectivity index (χ3n) is 3.83. The summed E-state index contributed by atoms with van der Waals surface area (Å²) < 4.78 is 4.86. The molecule has 0 saturated carbocycles. The lowest BCUT2D eigenvalue weighted by Gasteiger charge is -2.20. The average molecular weight is 403 g/mol. The number of nitrogens with one attached hydrogen (secondary N) is 1. The van der Waals surface area contributed by atoms with Crippen LogP contribution in [0.2, 0.25) is 0 Å². The molecule has 0 aliphatic carbocycles. The van der Waals surface area contributed by atoms with Gasteiger partial charge in [0, 0.05) is 30.1 Å². The number of benzene rings is 1. The number of thiophene rings is 1. The van der Waals surface area contributed by atoms with Crippen LogP contribution in [0.1, 0.15) is 44.9 Å². The van der Waals surface area contributed by atoms with Crippen LogP contribution in [-0.2, 0) is 4.74 Å². The first-order valence-electron chi connectivity index (χ1n) is 8.58. The van der Waals surface area contributed by atoms with Crippen LogP contribution in [0.3, 0.4) is 0 Å². The van der Waals surface area contributed by atoms with Gasteiger partial charge in [0.1, 0.15) is 0 Å². The van der Waals surface area contributed by atoms with E-state index < -0.39 is 17.9 Å². The number of hydrazine groups is 1. The Balaban J connectivity index is 2.25. The molecule has 0 aliphatic rings.